The summed E-state index contributed by atoms with van der Waals surface area (Å²) in [5.41, 5.74) is 1.74. The molecule has 1 amide bonds. The summed E-state index contributed by atoms with van der Waals surface area (Å²) in [7, 11) is -8.05. The quantitative estimate of drug-likeness (QED) is 0.564. The number of sulfone groups is 1. The van der Waals surface area contributed by atoms with Gasteiger partial charge in [-0.15, -0.1) is 4.83 Å². The van der Waals surface area contributed by atoms with E-state index in [2.05, 4.69) is 0 Å². The molecule has 1 fully saturated rings. The molecule has 1 aromatic rings. The molecule has 128 valence electrons. The van der Waals surface area contributed by atoms with Gasteiger partial charge < -0.3 is 0 Å². The van der Waals surface area contributed by atoms with Crippen molar-refractivity contribution in [2.24, 2.45) is 5.92 Å². The van der Waals surface area contributed by atoms with Gasteiger partial charge in [-0.25, -0.2) is 30.0 Å². The van der Waals surface area contributed by atoms with Crippen LogP contribution in [0.25, 0.3) is 0 Å². The lowest BCUT2D eigenvalue weighted by Crippen LogP contribution is -2.45. The molecule has 0 aromatic heterocycles. The normalized spacial score (nSPS) is 20.4. The zero-order chi connectivity index (χ0) is 17.4. The zero-order valence-electron chi connectivity index (χ0n) is 11.3. The van der Waals surface area contributed by atoms with Gasteiger partial charge in [-0.2, -0.15) is 0 Å². The van der Waals surface area contributed by atoms with Gasteiger partial charge in [0.1, 0.15) is 4.90 Å². The molecule has 1 atom stereocenters. The van der Waals surface area contributed by atoms with Crippen molar-refractivity contribution in [1.29, 1.82) is 0 Å². The monoisotopic (exact) mass is 372 g/mol. The first-order valence-electron chi connectivity index (χ1n) is 6.19. The maximum absolute atomic E-state index is 13.5. The van der Waals surface area contributed by atoms with Crippen LogP contribution >= 0.6 is 0 Å². The highest BCUT2D eigenvalue weighted by molar-refractivity contribution is 7.91. The number of sulfonamides is 1. The van der Waals surface area contributed by atoms with Gasteiger partial charge in [-0.1, -0.05) is 0 Å². The third-order valence-corrected chi connectivity index (χ3v) is 6.23. The third-order valence-electron chi connectivity index (χ3n) is 3.20. The molecule has 0 aliphatic carbocycles. The van der Waals surface area contributed by atoms with E-state index in [1.54, 1.807) is 5.43 Å². The minimum atomic E-state index is -4.70. The van der Waals surface area contributed by atoms with E-state index in [4.69, 9.17) is 0 Å². The molecule has 1 aromatic carbocycles. The van der Waals surface area contributed by atoms with Crippen LogP contribution in [0, 0.1) is 23.4 Å². The summed E-state index contributed by atoms with van der Waals surface area (Å²) in [4.78, 5) is 12.0. The summed E-state index contributed by atoms with van der Waals surface area (Å²) in [5, 5.41) is 0. The Balaban J connectivity index is 2.11. The van der Waals surface area contributed by atoms with Crippen molar-refractivity contribution in [3.63, 3.8) is 0 Å². The van der Waals surface area contributed by atoms with Crippen LogP contribution < -0.4 is 10.3 Å². The predicted molar refractivity (Wildman–Crippen MR) is 71.5 cm³/mol. The van der Waals surface area contributed by atoms with Crippen LogP contribution in [0.3, 0.4) is 0 Å². The lowest BCUT2D eigenvalue weighted by atomic mass is 10.1. The molecule has 0 bridgehead atoms. The second-order valence-corrected chi connectivity index (χ2v) is 8.75. The topological polar surface area (TPSA) is 109 Å². The Morgan fingerprint density at radius 3 is 2.39 bits per heavy atom. The molecule has 0 spiro atoms. The maximum atomic E-state index is 13.5. The van der Waals surface area contributed by atoms with E-state index in [1.165, 1.54) is 4.83 Å². The number of nitrogens with one attached hydrogen (secondary N) is 2. The van der Waals surface area contributed by atoms with E-state index >= 15 is 0 Å². The second kappa shape index (κ2) is 6.09. The lowest BCUT2D eigenvalue weighted by Gasteiger charge is -2.12. The molecule has 12 heteroatoms. The van der Waals surface area contributed by atoms with Crippen molar-refractivity contribution in [3.05, 3.63) is 29.6 Å². The summed E-state index contributed by atoms with van der Waals surface area (Å²) in [6.07, 6.45) is 0.0232. The third kappa shape index (κ3) is 3.82. The largest absolute Gasteiger partial charge is 0.277 e. The van der Waals surface area contributed by atoms with Gasteiger partial charge in [0.05, 0.1) is 17.4 Å². The summed E-state index contributed by atoms with van der Waals surface area (Å²) in [5.74, 6) is -7.97. The Labute approximate surface area is 129 Å². The second-order valence-electron chi connectivity index (χ2n) is 4.87. The van der Waals surface area contributed by atoms with Gasteiger partial charge in [0.25, 0.3) is 10.0 Å². The van der Waals surface area contributed by atoms with Crippen molar-refractivity contribution >= 4 is 25.8 Å². The average Bonchev–Trinajstić information content (AvgIpc) is 2.82. The summed E-state index contributed by atoms with van der Waals surface area (Å²) < 4.78 is 85.3. The first-order valence-corrected chi connectivity index (χ1v) is 9.49. The fourth-order valence-corrected chi connectivity index (χ4v) is 4.65. The average molecular weight is 372 g/mol. The van der Waals surface area contributed by atoms with E-state index in [-0.39, 0.29) is 12.2 Å². The first-order chi connectivity index (χ1) is 10.5. The number of carbonyl (C=O) groups excluding carboxylic acids is 1. The standard InChI is InChI=1S/C11H11F3N2O5S2/c12-7-1-2-8(10(14)9(7)13)23(20,21)16-15-11(17)6-3-4-22(18,19)5-6/h1-2,6,16H,3-5H2,(H,15,17)/t6-/m1/s1. The Morgan fingerprint density at radius 2 is 1.83 bits per heavy atom. The van der Waals surface area contributed by atoms with E-state index in [9.17, 15) is 34.8 Å². The molecule has 0 radical (unpaired) electrons. The molecule has 23 heavy (non-hydrogen) atoms. The van der Waals surface area contributed by atoms with Gasteiger partial charge >= 0.3 is 0 Å². The highest BCUT2D eigenvalue weighted by Crippen LogP contribution is 2.20. The van der Waals surface area contributed by atoms with Crippen LogP contribution in [0.1, 0.15) is 6.42 Å². The highest BCUT2D eigenvalue weighted by atomic mass is 32.2. The van der Waals surface area contributed by atoms with Crippen LogP contribution in [-0.2, 0) is 24.7 Å². The van der Waals surface area contributed by atoms with Gasteiger partial charge in [-0.05, 0) is 18.6 Å². The van der Waals surface area contributed by atoms with Gasteiger partial charge in [-0.3, -0.25) is 10.2 Å². The molecule has 7 nitrogen and oxygen atoms in total. The zero-order valence-corrected chi connectivity index (χ0v) is 13.0. The Morgan fingerprint density at radius 1 is 1.17 bits per heavy atom. The van der Waals surface area contributed by atoms with Crippen molar-refractivity contribution < 1.29 is 34.8 Å². The number of hydrogen-bond donors (Lipinski definition) is 2. The van der Waals surface area contributed by atoms with Gasteiger partial charge in [0.15, 0.2) is 27.3 Å². The molecule has 1 aliphatic heterocycles. The number of benzene rings is 1. The Hall–Kier alpha value is -1.66. The lowest BCUT2D eigenvalue weighted by molar-refractivity contribution is -0.124. The van der Waals surface area contributed by atoms with Crippen molar-refractivity contribution in [3.8, 4) is 0 Å². The molecule has 1 aliphatic rings. The Kier molecular flexibility index (Phi) is 4.69. The van der Waals surface area contributed by atoms with E-state index in [1.807, 2.05) is 0 Å². The van der Waals surface area contributed by atoms with Crippen molar-refractivity contribution in [2.45, 2.75) is 11.3 Å². The molecular weight excluding hydrogens is 361 g/mol. The predicted octanol–water partition coefficient (Wildman–Crippen LogP) is -0.152. The van der Waals surface area contributed by atoms with Crippen molar-refractivity contribution in [2.75, 3.05) is 11.5 Å². The fraction of sp³-hybridized carbons (Fsp3) is 0.364. The van der Waals surface area contributed by atoms with Crippen LogP contribution in [0.2, 0.25) is 0 Å². The van der Waals surface area contributed by atoms with Gasteiger partial charge in [0, 0.05) is 0 Å². The Bertz CT molecular complexity index is 855. The number of hydrazine groups is 1. The molecule has 2 N–H and O–H groups in total. The van der Waals surface area contributed by atoms with Crippen LogP contribution in [0.15, 0.2) is 17.0 Å². The van der Waals surface area contributed by atoms with Crippen LogP contribution in [0.5, 0.6) is 0 Å². The molecular formula is C11H11F3N2O5S2. The van der Waals surface area contributed by atoms with Gasteiger partial charge in [0.2, 0.25) is 5.91 Å². The minimum absolute atomic E-state index is 0.0232. The minimum Gasteiger partial charge on any atom is -0.277 e. The van der Waals surface area contributed by atoms with E-state index < -0.39 is 59.8 Å². The smallest absolute Gasteiger partial charge is 0.260 e. The SMILES string of the molecule is O=C(NNS(=O)(=O)c1ccc(F)c(F)c1F)[C@@H]1CCS(=O)(=O)C1. The molecule has 1 heterocycles. The number of halogens is 3. The molecule has 0 unspecified atom stereocenters. The summed E-state index contributed by atoms with van der Waals surface area (Å²) >= 11 is 0. The van der Waals surface area contributed by atoms with E-state index in [0.29, 0.717) is 12.1 Å². The maximum Gasteiger partial charge on any atom is 0.260 e. The molecule has 0 saturated carbocycles. The highest BCUT2D eigenvalue weighted by Gasteiger charge is 2.34. The number of rotatable bonds is 4. The molecule has 1 saturated heterocycles. The fourth-order valence-electron chi connectivity index (χ4n) is 1.99. The summed E-state index contributed by atoms with van der Waals surface area (Å²) in [6, 6.07) is 0.903. The van der Waals surface area contributed by atoms with Crippen LogP contribution in [0.4, 0.5) is 13.2 Å². The van der Waals surface area contributed by atoms with Crippen molar-refractivity contribution in [1.82, 2.24) is 10.3 Å². The number of hydrogen-bond acceptors (Lipinski definition) is 5. The number of amides is 1. The van der Waals surface area contributed by atoms with Crippen LogP contribution in [-0.4, -0.2) is 34.2 Å². The summed E-state index contributed by atoms with van der Waals surface area (Å²) in [6.45, 7) is 0. The van der Waals surface area contributed by atoms with E-state index in [0.717, 1.165) is 0 Å². The molecule has 2 rings (SSSR count). The number of carbonyl (C=O) groups is 1. The first kappa shape index (κ1) is 17.7.